The lowest BCUT2D eigenvalue weighted by Gasteiger charge is -2.42. The number of hydrogen-bond donors (Lipinski definition) is 1. The summed E-state index contributed by atoms with van der Waals surface area (Å²) in [5, 5.41) is 13.7. The maximum atomic E-state index is 13.1. The molecule has 33 heavy (non-hydrogen) atoms. The van der Waals surface area contributed by atoms with E-state index in [2.05, 4.69) is 5.32 Å². The van der Waals surface area contributed by atoms with Gasteiger partial charge in [0.2, 0.25) is 5.91 Å². The van der Waals surface area contributed by atoms with Gasteiger partial charge in [0.25, 0.3) is 5.69 Å². The van der Waals surface area contributed by atoms with E-state index in [0.717, 1.165) is 18.4 Å². The molecule has 1 saturated heterocycles. The molecule has 8 heteroatoms. The second kappa shape index (κ2) is 10.5. The molecule has 2 aliphatic rings. The van der Waals surface area contributed by atoms with Gasteiger partial charge in [-0.1, -0.05) is 49.6 Å². The van der Waals surface area contributed by atoms with Gasteiger partial charge in [-0.3, -0.25) is 14.9 Å². The van der Waals surface area contributed by atoms with Crippen molar-refractivity contribution in [2.24, 2.45) is 5.92 Å². The number of nitrogens with zero attached hydrogens (tertiary/aromatic N) is 3. The minimum absolute atomic E-state index is 0.0275. The van der Waals surface area contributed by atoms with Crippen LogP contribution >= 0.6 is 0 Å². The first-order chi connectivity index (χ1) is 16.0. The molecule has 4 rings (SSSR count). The van der Waals surface area contributed by atoms with E-state index >= 15 is 0 Å². The van der Waals surface area contributed by atoms with Crippen molar-refractivity contribution in [3.05, 3.63) is 70.3 Å². The van der Waals surface area contributed by atoms with Crippen LogP contribution in [0, 0.1) is 16.0 Å². The van der Waals surface area contributed by atoms with Gasteiger partial charge >= 0.3 is 6.03 Å². The minimum atomic E-state index is -0.472. The molecule has 8 nitrogen and oxygen atoms in total. The van der Waals surface area contributed by atoms with E-state index in [0.29, 0.717) is 37.7 Å². The van der Waals surface area contributed by atoms with Crippen molar-refractivity contribution >= 4 is 23.3 Å². The van der Waals surface area contributed by atoms with E-state index in [1.807, 2.05) is 35.2 Å². The third-order valence-corrected chi connectivity index (χ3v) is 6.70. The number of amides is 3. The molecule has 1 unspecified atom stereocenters. The highest BCUT2D eigenvalue weighted by molar-refractivity contribution is 5.90. The molecule has 1 heterocycles. The number of benzene rings is 2. The number of carbonyl (C=O) groups is 2. The quantitative estimate of drug-likeness (QED) is 0.513. The maximum Gasteiger partial charge on any atom is 0.322 e. The normalized spacial score (nSPS) is 19.2. The number of piperazine rings is 1. The molecule has 1 aliphatic heterocycles. The summed E-state index contributed by atoms with van der Waals surface area (Å²) >= 11 is 0. The van der Waals surface area contributed by atoms with Crippen LogP contribution in [0.15, 0.2) is 54.6 Å². The highest BCUT2D eigenvalue weighted by atomic mass is 16.6. The van der Waals surface area contributed by atoms with Crippen LogP contribution in [-0.2, 0) is 4.79 Å². The predicted octanol–water partition coefficient (Wildman–Crippen LogP) is 4.98. The van der Waals surface area contributed by atoms with E-state index in [1.165, 1.54) is 43.5 Å². The molecule has 0 aromatic heterocycles. The van der Waals surface area contributed by atoms with Gasteiger partial charge in [-0.25, -0.2) is 4.79 Å². The Labute approximate surface area is 193 Å². The Hall–Kier alpha value is -3.42. The zero-order valence-corrected chi connectivity index (χ0v) is 18.7. The van der Waals surface area contributed by atoms with Gasteiger partial charge < -0.3 is 15.1 Å². The average Bonchev–Trinajstić information content (AvgIpc) is 2.85. The number of anilines is 1. The zero-order valence-electron chi connectivity index (χ0n) is 18.7. The van der Waals surface area contributed by atoms with Crippen LogP contribution < -0.4 is 5.32 Å². The fourth-order valence-corrected chi connectivity index (χ4v) is 4.84. The minimum Gasteiger partial charge on any atom is -0.338 e. The van der Waals surface area contributed by atoms with Crippen molar-refractivity contribution in [1.82, 2.24) is 9.80 Å². The number of hydrogen-bond acceptors (Lipinski definition) is 4. The molecule has 0 spiro atoms. The third kappa shape index (κ3) is 5.69. The highest BCUT2D eigenvalue weighted by Gasteiger charge is 2.34. The Morgan fingerprint density at radius 2 is 1.67 bits per heavy atom. The molecular weight excluding hydrogens is 420 g/mol. The third-order valence-electron chi connectivity index (χ3n) is 6.70. The number of non-ortho nitro benzene ring substituents is 1. The van der Waals surface area contributed by atoms with Gasteiger partial charge in [-0.05, 0) is 36.5 Å². The molecule has 1 aliphatic carbocycles. The number of urea groups is 1. The summed E-state index contributed by atoms with van der Waals surface area (Å²) in [6.07, 6.45) is 6.54. The lowest BCUT2D eigenvalue weighted by atomic mass is 9.86. The summed E-state index contributed by atoms with van der Waals surface area (Å²) < 4.78 is 0. The Balaban J connectivity index is 1.46. The summed E-state index contributed by atoms with van der Waals surface area (Å²) in [5.74, 6) is 0.656. The van der Waals surface area contributed by atoms with Gasteiger partial charge in [-0.2, -0.15) is 0 Å². The molecule has 1 atom stereocenters. The highest BCUT2D eigenvalue weighted by Crippen LogP contribution is 2.30. The standard InChI is InChI=1S/C25H30N4O4/c30-24(17-19-7-3-1-4-8-19)27-15-16-28(23(18-27)20-9-5-2-6-10-20)25(31)26-21-11-13-22(14-12-21)29(32)33/h2,5-6,9-14,19,23H,1,3-4,7-8,15-18H2,(H,26,31). The summed E-state index contributed by atoms with van der Waals surface area (Å²) in [5.41, 5.74) is 1.44. The monoisotopic (exact) mass is 450 g/mol. The molecule has 0 radical (unpaired) electrons. The Kier molecular flexibility index (Phi) is 7.22. The number of nitro groups is 1. The largest absolute Gasteiger partial charge is 0.338 e. The molecule has 2 fully saturated rings. The van der Waals surface area contributed by atoms with Crippen molar-refractivity contribution in [3.63, 3.8) is 0 Å². The van der Waals surface area contributed by atoms with Crippen molar-refractivity contribution in [2.45, 2.75) is 44.6 Å². The Bertz CT molecular complexity index is 974. The van der Waals surface area contributed by atoms with Crippen molar-refractivity contribution < 1.29 is 14.5 Å². The van der Waals surface area contributed by atoms with Crippen molar-refractivity contribution in [1.29, 1.82) is 0 Å². The second-order valence-corrected chi connectivity index (χ2v) is 8.90. The number of carbonyl (C=O) groups excluding carboxylic acids is 2. The summed E-state index contributed by atoms with van der Waals surface area (Å²) in [6.45, 7) is 1.39. The SMILES string of the molecule is O=C(CC1CCCCC1)N1CCN(C(=O)Nc2ccc([N+](=O)[O-])cc2)C(c2ccccc2)C1. The van der Waals surface area contributed by atoms with E-state index < -0.39 is 4.92 Å². The van der Waals surface area contributed by atoms with Crippen molar-refractivity contribution in [2.75, 3.05) is 25.0 Å². The molecule has 3 amide bonds. The second-order valence-electron chi connectivity index (χ2n) is 8.90. The van der Waals surface area contributed by atoms with E-state index in [9.17, 15) is 19.7 Å². The fourth-order valence-electron chi connectivity index (χ4n) is 4.84. The van der Waals surface area contributed by atoms with Gasteiger partial charge in [0.15, 0.2) is 0 Å². The molecule has 2 aromatic carbocycles. The van der Waals surface area contributed by atoms with Crippen LogP contribution in [0.4, 0.5) is 16.2 Å². The number of nitrogens with one attached hydrogen (secondary N) is 1. The molecule has 1 saturated carbocycles. The molecule has 1 N–H and O–H groups in total. The summed E-state index contributed by atoms with van der Waals surface area (Å²) in [4.78, 5) is 40.2. The van der Waals surface area contributed by atoms with E-state index in [-0.39, 0.29) is 23.7 Å². The first-order valence-electron chi connectivity index (χ1n) is 11.7. The fraction of sp³-hybridized carbons (Fsp3) is 0.440. The Morgan fingerprint density at radius 3 is 2.33 bits per heavy atom. The number of rotatable bonds is 5. The van der Waals surface area contributed by atoms with Crippen LogP contribution in [0.5, 0.6) is 0 Å². The number of nitro benzene ring substituents is 1. The van der Waals surface area contributed by atoms with E-state index in [1.54, 1.807) is 4.90 Å². The van der Waals surface area contributed by atoms with Gasteiger partial charge in [-0.15, -0.1) is 0 Å². The zero-order chi connectivity index (χ0) is 23.2. The molecular formula is C25H30N4O4. The van der Waals surface area contributed by atoms with Crippen molar-refractivity contribution in [3.8, 4) is 0 Å². The topological polar surface area (TPSA) is 95.8 Å². The molecule has 0 bridgehead atoms. The van der Waals surface area contributed by atoms with Gasteiger partial charge in [0.1, 0.15) is 0 Å². The molecule has 174 valence electrons. The van der Waals surface area contributed by atoms with Crippen LogP contribution in [0.2, 0.25) is 0 Å². The van der Waals surface area contributed by atoms with Crippen LogP contribution in [-0.4, -0.2) is 46.3 Å². The smallest absolute Gasteiger partial charge is 0.322 e. The maximum absolute atomic E-state index is 13.1. The van der Waals surface area contributed by atoms with E-state index in [4.69, 9.17) is 0 Å². The lowest BCUT2D eigenvalue weighted by molar-refractivity contribution is -0.384. The molecule has 2 aromatic rings. The van der Waals surface area contributed by atoms with Crippen LogP contribution in [0.3, 0.4) is 0 Å². The average molecular weight is 451 g/mol. The predicted molar refractivity (Wildman–Crippen MR) is 126 cm³/mol. The van der Waals surface area contributed by atoms with Gasteiger partial charge in [0, 0.05) is 43.9 Å². The summed E-state index contributed by atoms with van der Waals surface area (Å²) in [7, 11) is 0. The lowest BCUT2D eigenvalue weighted by Crippen LogP contribution is -2.53. The first-order valence-corrected chi connectivity index (χ1v) is 11.7. The van der Waals surface area contributed by atoms with Crippen LogP contribution in [0.25, 0.3) is 0 Å². The Morgan fingerprint density at radius 1 is 0.970 bits per heavy atom. The van der Waals surface area contributed by atoms with Crippen LogP contribution in [0.1, 0.15) is 50.1 Å². The first kappa shape index (κ1) is 22.8. The van der Waals surface area contributed by atoms with Gasteiger partial charge in [0.05, 0.1) is 11.0 Å². The summed E-state index contributed by atoms with van der Waals surface area (Å²) in [6, 6.07) is 15.0.